The molecule has 0 unspecified atom stereocenters. The molecule has 0 aromatic carbocycles. The van der Waals surface area contributed by atoms with E-state index >= 15 is 0 Å². The van der Waals surface area contributed by atoms with Crippen LogP contribution in [-0.2, 0) is 6.54 Å². The van der Waals surface area contributed by atoms with Gasteiger partial charge in [-0.2, -0.15) is 10.2 Å². The topological polar surface area (TPSA) is 95.8 Å². The highest BCUT2D eigenvalue weighted by molar-refractivity contribution is 6.30. The molecule has 0 aliphatic rings. The first-order valence-electron chi connectivity index (χ1n) is 6.32. The van der Waals surface area contributed by atoms with Gasteiger partial charge in [0, 0.05) is 13.0 Å². The van der Waals surface area contributed by atoms with Crippen molar-refractivity contribution in [1.82, 2.24) is 19.6 Å². The molecule has 2 rings (SSSR count). The molecular formula is C12H14ClN5O3. The van der Waals surface area contributed by atoms with Crippen LogP contribution in [0.1, 0.15) is 29.0 Å². The van der Waals surface area contributed by atoms with Crippen LogP contribution in [0.4, 0.5) is 5.69 Å². The lowest BCUT2D eigenvalue weighted by Crippen LogP contribution is -2.12. The molecule has 112 valence electrons. The summed E-state index contributed by atoms with van der Waals surface area (Å²) in [5, 5.41) is 19.2. The quantitative estimate of drug-likeness (QED) is 0.624. The summed E-state index contributed by atoms with van der Waals surface area (Å²) in [6.07, 6.45) is 3.60. The van der Waals surface area contributed by atoms with Crippen molar-refractivity contribution in [2.75, 3.05) is 0 Å². The highest BCUT2D eigenvalue weighted by atomic mass is 35.5. The van der Waals surface area contributed by atoms with E-state index in [1.165, 1.54) is 17.1 Å². The van der Waals surface area contributed by atoms with Crippen LogP contribution in [0, 0.1) is 24.0 Å². The Hall–Kier alpha value is -2.22. The van der Waals surface area contributed by atoms with Crippen LogP contribution in [0.25, 0.3) is 0 Å². The molecule has 0 saturated carbocycles. The Morgan fingerprint density at radius 2 is 2.19 bits per heavy atom. The lowest BCUT2D eigenvalue weighted by atomic mass is 10.3. The first-order valence-corrected chi connectivity index (χ1v) is 6.69. The molecule has 0 saturated heterocycles. The molecule has 0 spiro atoms. The van der Waals surface area contributed by atoms with Crippen LogP contribution in [-0.4, -0.2) is 30.4 Å². The smallest absolute Gasteiger partial charge is 0.273 e. The molecule has 0 aliphatic carbocycles. The molecule has 2 aromatic heterocycles. The maximum Gasteiger partial charge on any atom is 0.312 e. The first-order chi connectivity index (χ1) is 9.90. The van der Waals surface area contributed by atoms with Gasteiger partial charge in [0.25, 0.3) is 0 Å². The third-order valence-electron chi connectivity index (χ3n) is 3.09. The molecule has 9 heteroatoms. The summed E-state index contributed by atoms with van der Waals surface area (Å²) in [5.74, 6) is -0.182. The van der Waals surface area contributed by atoms with E-state index in [1.54, 1.807) is 18.5 Å². The predicted molar refractivity (Wildman–Crippen MR) is 75.5 cm³/mol. The average Bonchev–Trinajstić information content (AvgIpc) is 2.94. The summed E-state index contributed by atoms with van der Waals surface area (Å²) in [4.78, 5) is 22.3. The molecule has 0 aliphatic heterocycles. The number of carbonyl (C=O) groups is 1. The fraction of sp³-hybridized carbons (Fsp3) is 0.417. The van der Waals surface area contributed by atoms with Gasteiger partial charge >= 0.3 is 5.69 Å². The second kappa shape index (κ2) is 6.04. The molecule has 0 atom stereocenters. The third kappa shape index (κ3) is 3.27. The number of hydrogen-bond donors (Lipinski definition) is 0. The zero-order chi connectivity index (χ0) is 15.6. The molecule has 8 nitrogen and oxygen atoms in total. The van der Waals surface area contributed by atoms with E-state index < -0.39 is 4.92 Å². The molecule has 0 amide bonds. The number of halogens is 1. The fourth-order valence-corrected chi connectivity index (χ4v) is 2.24. The molecule has 21 heavy (non-hydrogen) atoms. The molecule has 2 heterocycles. The maximum atomic E-state index is 11.8. The Bertz CT molecular complexity index is 691. The van der Waals surface area contributed by atoms with Gasteiger partial charge < -0.3 is 0 Å². The van der Waals surface area contributed by atoms with Crippen molar-refractivity contribution in [3.05, 3.63) is 38.9 Å². The van der Waals surface area contributed by atoms with Crippen LogP contribution in [0.15, 0.2) is 12.4 Å². The highest BCUT2D eigenvalue weighted by Crippen LogP contribution is 2.22. The van der Waals surface area contributed by atoms with Crippen LogP contribution in [0.5, 0.6) is 0 Å². The van der Waals surface area contributed by atoms with Crippen molar-refractivity contribution in [3.63, 3.8) is 0 Å². The molecule has 0 fully saturated rings. The Labute approximate surface area is 125 Å². The SMILES string of the molecule is Cc1nn(CCCC(=O)n2cc(Cl)cn2)c(C)c1[N+](=O)[O-]. The second-order valence-corrected chi connectivity index (χ2v) is 5.04. The van der Waals surface area contributed by atoms with Crippen LogP contribution in [0.2, 0.25) is 5.02 Å². The predicted octanol–water partition coefficient (Wildman–Crippen LogP) is 2.38. The zero-order valence-corrected chi connectivity index (χ0v) is 12.4. The monoisotopic (exact) mass is 311 g/mol. The highest BCUT2D eigenvalue weighted by Gasteiger charge is 2.21. The van der Waals surface area contributed by atoms with Crippen LogP contribution < -0.4 is 0 Å². The van der Waals surface area contributed by atoms with E-state index in [-0.39, 0.29) is 18.0 Å². The van der Waals surface area contributed by atoms with Crippen molar-refractivity contribution in [3.8, 4) is 0 Å². The van der Waals surface area contributed by atoms with E-state index in [1.807, 2.05) is 0 Å². The number of nitro groups is 1. The van der Waals surface area contributed by atoms with Gasteiger partial charge in [-0.25, -0.2) is 4.68 Å². The van der Waals surface area contributed by atoms with Crippen molar-refractivity contribution in [1.29, 1.82) is 0 Å². The summed E-state index contributed by atoms with van der Waals surface area (Å²) in [5.41, 5.74) is 0.898. The van der Waals surface area contributed by atoms with Gasteiger partial charge in [0.05, 0.1) is 22.3 Å². The van der Waals surface area contributed by atoms with Crippen LogP contribution in [0.3, 0.4) is 0 Å². The van der Waals surface area contributed by atoms with E-state index in [2.05, 4.69) is 10.2 Å². The summed E-state index contributed by atoms with van der Waals surface area (Å²) in [6, 6.07) is 0. The molecule has 2 aromatic rings. The van der Waals surface area contributed by atoms with Gasteiger partial charge in [-0.3, -0.25) is 19.6 Å². The lowest BCUT2D eigenvalue weighted by Gasteiger charge is -2.03. The van der Waals surface area contributed by atoms with Gasteiger partial charge in [0.2, 0.25) is 5.91 Å². The fourth-order valence-electron chi connectivity index (χ4n) is 2.10. The normalized spacial score (nSPS) is 10.8. The van der Waals surface area contributed by atoms with Crippen LogP contribution >= 0.6 is 11.6 Å². The zero-order valence-electron chi connectivity index (χ0n) is 11.6. The summed E-state index contributed by atoms with van der Waals surface area (Å²) in [7, 11) is 0. The maximum absolute atomic E-state index is 11.8. The first kappa shape index (κ1) is 15.2. The minimum Gasteiger partial charge on any atom is -0.273 e. The van der Waals surface area contributed by atoms with E-state index in [9.17, 15) is 14.9 Å². The number of aryl methyl sites for hydroxylation is 2. The van der Waals surface area contributed by atoms with E-state index in [4.69, 9.17) is 11.6 Å². The number of nitrogens with zero attached hydrogens (tertiary/aromatic N) is 5. The molecule has 0 bridgehead atoms. The number of carbonyl (C=O) groups excluding carboxylic acids is 1. The standard InChI is InChI=1S/C12H14ClN5O3/c1-8-12(18(20)21)9(2)16(15-8)5-3-4-11(19)17-7-10(13)6-14-17/h6-7H,3-5H2,1-2H3. The lowest BCUT2D eigenvalue weighted by molar-refractivity contribution is -0.386. The third-order valence-corrected chi connectivity index (χ3v) is 3.29. The largest absolute Gasteiger partial charge is 0.312 e. The van der Waals surface area contributed by atoms with Gasteiger partial charge in [0.15, 0.2) is 0 Å². The molecule has 0 N–H and O–H groups in total. The van der Waals surface area contributed by atoms with Crippen molar-refractivity contribution in [2.24, 2.45) is 0 Å². The minimum atomic E-state index is -0.439. The number of rotatable bonds is 5. The van der Waals surface area contributed by atoms with Crippen molar-refractivity contribution < 1.29 is 9.72 Å². The van der Waals surface area contributed by atoms with Gasteiger partial charge in [-0.1, -0.05) is 11.6 Å². The summed E-state index contributed by atoms with van der Waals surface area (Å²) >= 11 is 5.69. The van der Waals surface area contributed by atoms with Crippen molar-refractivity contribution >= 4 is 23.2 Å². The number of hydrogen-bond acceptors (Lipinski definition) is 5. The van der Waals surface area contributed by atoms with E-state index in [0.717, 1.165) is 0 Å². The minimum absolute atomic E-state index is 0.0279. The summed E-state index contributed by atoms with van der Waals surface area (Å²) < 4.78 is 2.74. The van der Waals surface area contributed by atoms with Gasteiger partial charge in [-0.15, -0.1) is 0 Å². The van der Waals surface area contributed by atoms with Gasteiger partial charge in [-0.05, 0) is 20.3 Å². The molecule has 0 radical (unpaired) electrons. The second-order valence-electron chi connectivity index (χ2n) is 4.60. The molecular weight excluding hydrogens is 298 g/mol. The average molecular weight is 312 g/mol. The summed E-state index contributed by atoms with van der Waals surface area (Å²) in [6.45, 7) is 3.67. The van der Waals surface area contributed by atoms with E-state index in [0.29, 0.717) is 29.4 Å². The van der Waals surface area contributed by atoms with Gasteiger partial charge in [0.1, 0.15) is 11.4 Å². The Morgan fingerprint density at radius 1 is 1.48 bits per heavy atom. The Kier molecular flexibility index (Phi) is 4.37. The van der Waals surface area contributed by atoms with Crippen molar-refractivity contribution in [2.45, 2.75) is 33.2 Å². The Balaban J connectivity index is 1.96. The Morgan fingerprint density at radius 3 is 2.71 bits per heavy atom. The number of aromatic nitrogens is 4.